The molecule has 44 heavy (non-hydrogen) atoms. The molecule has 3 aromatic rings. The van der Waals surface area contributed by atoms with Gasteiger partial charge in [0.25, 0.3) is 0 Å². The summed E-state index contributed by atoms with van der Waals surface area (Å²) in [6.07, 6.45) is 10.5. The van der Waals surface area contributed by atoms with Gasteiger partial charge in [-0.15, -0.1) is 11.3 Å². The predicted molar refractivity (Wildman–Crippen MR) is 183 cm³/mol. The average molecular weight is 638 g/mol. The molecule has 1 aliphatic carbocycles. The average Bonchev–Trinajstić information content (AvgIpc) is 3.52. The van der Waals surface area contributed by atoms with Gasteiger partial charge in [0.15, 0.2) is 5.78 Å². The van der Waals surface area contributed by atoms with Crippen molar-refractivity contribution in [2.75, 3.05) is 62.2 Å². The zero-order chi connectivity index (χ0) is 31.1. The van der Waals surface area contributed by atoms with Crippen LogP contribution in [-0.2, 0) is 10.0 Å². The van der Waals surface area contributed by atoms with E-state index in [1.165, 1.54) is 60.4 Å². The van der Waals surface area contributed by atoms with E-state index in [9.17, 15) is 13.2 Å². The van der Waals surface area contributed by atoms with Crippen LogP contribution < -0.4 is 9.80 Å². The van der Waals surface area contributed by atoms with Crippen molar-refractivity contribution in [3.63, 3.8) is 0 Å². The molecule has 1 saturated carbocycles. The summed E-state index contributed by atoms with van der Waals surface area (Å²) >= 11 is 1.45. The summed E-state index contributed by atoms with van der Waals surface area (Å²) in [7, 11) is -3.73. The van der Waals surface area contributed by atoms with Gasteiger partial charge in [0.2, 0.25) is 10.0 Å². The Morgan fingerprint density at radius 3 is 2.14 bits per heavy atom. The lowest BCUT2D eigenvalue weighted by molar-refractivity contribution is 0.102. The van der Waals surface area contributed by atoms with Crippen molar-refractivity contribution in [2.45, 2.75) is 57.3 Å². The van der Waals surface area contributed by atoms with Crippen LogP contribution >= 0.6 is 11.3 Å². The second kappa shape index (κ2) is 14.8. The molecule has 1 aromatic carbocycles. The van der Waals surface area contributed by atoms with E-state index >= 15 is 0 Å². The molecule has 0 radical (unpaired) electrons. The molecule has 2 aromatic heterocycles. The monoisotopic (exact) mass is 637 g/mol. The van der Waals surface area contributed by atoms with Crippen molar-refractivity contribution in [1.82, 2.24) is 14.2 Å². The van der Waals surface area contributed by atoms with Gasteiger partial charge >= 0.3 is 0 Å². The summed E-state index contributed by atoms with van der Waals surface area (Å²) in [4.78, 5) is 25.4. The van der Waals surface area contributed by atoms with E-state index in [0.29, 0.717) is 17.1 Å². The summed E-state index contributed by atoms with van der Waals surface area (Å²) in [6, 6.07) is 15.4. The highest BCUT2D eigenvalue weighted by Gasteiger charge is 2.33. The summed E-state index contributed by atoms with van der Waals surface area (Å²) in [5.41, 5.74) is 2.47. The van der Waals surface area contributed by atoms with Crippen LogP contribution in [0.25, 0.3) is 10.4 Å². The molecule has 238 valence electrons. The molecular formula is C34H47N5O3S2. The van der Waals surface area contributed by atoms with Gasteiger partial charge in [0.05, 0.1) is 17.1 Å². The number of hydrogen-bond donors (Lipinski definition) is 0. The van der Waals surface area contributed by atoms with Crippen molar-refractivity contribution < 1.29 is 14.6 Å². The van der Waals surface area contributed by atoms with Crippen molar-refractivity contribution in [1.29, 1.82) is 0 Å². The van der Waals surface area contributed by atoms with Gasteiger partial charge in [0, 0.05) is 64.4 Å². The van der Waals surface area contributed by atoms with Crippen LogP contribution in [0.15, 0.2) is 71.9 Å². The minimum absolute atomic E-state index is 0. The number of aromatic nitrogens is 1. The topological polar surface area (TPSA) is 77.1 Å². The summed E-state index contributed by atoms with van der Waals surface area (Å²) in [6.45, 7) is 13.5. The van der Waals surface area contributed by atoms with Gasteiger partial charge in [-0.2, -0.15) is 4.31 Å². The first-order valence-corrected chi connectivity index (χ1v) is 18.1. The Labute approximate surface area is 268 Å². The zero-order valence-corrected chi connectivity index (χ0v) is 27.7. The largest absolute Gasteiger partial charge is 0.354 e. The lowest BCUT2D eigenvalue weighted by Gasteiger charge is -2.37. The Morgan fingerprint density at radius 2 is 1.59 bits per heavy atom. The van der Waals surface area contributed by atoms with E-state index in [1.807, 2.05) is 41.3 Å². The normalized spacial score (nSPS) is 18.5. The molecule has 3 aliphatic rings. The molecule has 0 amide bonds. The van der Waals surface area contributed by atoms with Gasteiger partial charge in [-0.25, -0.2) is 13.4 Å². The lowest BCUT2D eigenvalue weighted by atomic mass is 10.0. The van der Waals surface area contributed by atoms with E-state index in [-0.39, 0.29) is 25.2 Å². The van der Waals surface area contributed by atoms with Crippen LogP contribution in [0.1, 0.15) is 63.5 Å². The maximum absolute atomic E-state index is 13.5. The van der Waals surface area contributed by atoms with Gasteiger partial charge < -0.3 is 14.7 Å². The van der Waals surface area contributed by atoms with Crippen LogP contribution in [0.5, 0.6) is 0 Å². The Bertz CT molecular complexity index is 1510. The molecule has 6 rings (SSSR count). The van der Waals surface area contributed by atoms with E-state index in [4.69, 9.17) is 0 Å². The van der Waals surface area contributed by atoms with Crippen molar-refractivity contribution in [3.05, 3.63) is 71.9 Å². The molecule has 2 saturated heterocycles. The SMILES string of the molecule is C1CCCCC1.C=C1CN(S(=O)(=O)c2ccc(N3CCN(CC)CC3)nc2)CCN1c1cc(-c2ccccc2)sc1C(C)=O.[HH]. The number of carbonyl (C=O) groups excluding carboxylic acids is 1. The van der Waals surface area contributed by atoms with Crippen molar-refractivity contribution >= 4 is 38.6 Å². The van der Waals surface area contributed by atoms with Gasteiger partial charge in [-0.3, -0.25) is 4.79 Å². The predicted octanol–water partition coefficient (Wildman–Crippen LogP) is 6.77. The van der Waals surface area contributed by atoms with Gasteiger partial charge in [-0.1, -0.05) is 82.4 Å². The number of carbonyl (C=O) groups is 1. The number of ketones is 1. The molecule has 0 spiro atoms. The Hall–Kier alpha value is -3.05. The molecule has 10 heteroatoms. The molecule has 0 atom stereocenters. The highest BCUT2D eigenvalue weighted by Crippen LogP contribution is 2.39. The number of pyridine rings is 1. The molecule has 2 aliphatic heterocycles. The minimum Gasteiger partial charge on any atom is -0.354 e. The fraction of sp³-hybridized carbons (Fsp3) is 0.471. The molecule has 8 nitrogen and oxygen atoms in total. The number of sulfonamides is 1. The summed E-state index contributed by atoms with van der Waals surface area (Å²) in [5, 5.41) is 0. The van der Waals surface area contributed by atoms with E-state index in [0.717, 1.165) is 54.7 Å². The molecule has 0 N–H and O–H groups in total. The summed E-state index contributed by atoms with van der Waals surface area (Å²) < 4.78 is 28.4. The minimum atomic E-state index is -3.73. The van der Waals surface area contributed by atoms with Crippen LogP contribution in [0.3, 0.4) is 0 Å². The number of Topliss-reactive ketones (excluding diaryl/α,β-unsaturated/α-hetero) is 1. The third-order valence-corrected chi connectivity index (χ3v) is 11.8. The first-order chi connectivity index (χ1) is 21.3. The zero-order valence-electron chi connectivity index (χ0n) is 26.1. The van der Waals surface area contributed by atoms with Crippen LogP contribution in [0.4, 0.5) is 11.5 Å². The van der Waals surface area contributed by atoms with Crippen LogP contribution in [-0.4, -0.2) is 80.7 Å². The van der Waals surface area contributed by atoms with Crippen molar-refractivity contribution in [2.24, 2.45) is 0 Å². The number of anilines is 2. The maximum Gasteiger partial charge on any atom is 0.245 e. The third kappa shape index (κ3) is 7.59. The van der Waals surface area contributed by atoms with E-state index in [1.54, 1.807) is 19.1 Å². The number of likely N-dealkylation sites (N-methyl/N-ethyl adjacent to an activating group) is 1. The van der Waals surface area contributed by atoms with Gasteiger partial charge in [0.1, 0.15) is 10.7 Å². The van der Waals surface area contributed by atoms with E-state index < -0.39 is 10.0 Å². The summed E-state index contributed by atoms with van der Waals surface area (Å²) in [5.74, 6) is 0.787. The number of rotatable bonds is 7. The quantitative estimate of drug-likeness (QED) is 0.265. The van der Waals surface area contributed by atoms with E-state index in [2.05, 4.69) is 28.3 Å². The highest BCUT2D eigenvalue weighted by atomic mass is 32.2. The number of nitrogens with zero attached hydrogens (tertiary/aromatic N) is 5. The molecule has 0 unspecified atom stereocenters. The third-order valence-electron chi connectivity index (χ3n) is 8.70. The van der Waals surface area contributed by atoms with Crippen molar-refractivity contribution in [3.8, 4) is 10.4 Å². The second-order valence-electron chi connectivity index (χ2n) is 11.7. The number of thiophene rings is 1. The number of piperazine rings is 2. The van der Waals surface area contributed by atoms with Crippen LogP contribution in [0.2, 0.25) is 0 Å². The Morgan fingerprint density at radius 1 is 0.932 bits per heavy atom. The Balaban J connectivity index is 0.000000591. The fourth-order valence-electron chi connectivity index (χ4n) is 6.03. The number of hydrogen-bond acceptors (Lipinski definition) is 8. The maximum atomic E-state index is 13.5. The molecular weight excluding hydrogens is 591 g/mol. The molecule has 0 bridgehead atoms. The molecule has 4 heterocycles. The lowest BCUT2D eigenvalue weighted by Crippen LogP contribution is -2.47. The second-order valence-corrected chi connectivity index (χ2v) is 14.7. The Kier molecular flexibility index (Phi) is 10.9. The van der Waals surface area contributed by atoms with Crippen LogP contribution in [0, 0.1) is 0 Å². The highest BCUT2D eigenvalue weighted by molar-refractivity contribution is 7.89. The first-order valence-electron chi connectivity index (χ1n) is 15.9. The standard InChI is InChI=1S/C28H33N5O3S2.C6H12.H2/c1-4-30-12-14-31(15-13-30)27-11-10-24(19-29-27)38(35,36)32-16-17-33(21(2)20-32)25-18-26(37-28(25)22(3)34)23-8-6-5-7-9-23;1-2-4-6-5-3-1;/h5-11,18-19H,2,4,12-17,20H2,1,3H3;1-6H2;1H. The first kappa shape index (κ1) is 32.3. The fourth-order valence-corrected chi connectivity index (χ4v) is 8.45. The van der Waals surface area contributed by atoms with Gasteiger partial charge in [-0.05, 0) is 30.3 Å². The molecule has 3 fully saturated rings. The smallest absolute Gasteiger partial charge is 0.245 e. The number of benzene rings is 1.